The first-order chi connectivity index (χ1) is 16.5. The summed E-state index contributed by atoms with van der Waals surface area (Å²) in [6, 6.07) is -5.90. The van der Waals surface area contributed by atoms with Crippen LogP contribution >= 0.6 is 0 Å². The minimum atomic E-state index is -1.67. The molecule has 16 heteroatoms. The molecule has 3 amide bonds. The monoisotopic (exact) mass is 503 g/mol. The van der Waals surface area contributed by atoms with Crippen LogP contribution in [0.1, 0.15) is 62.8 Å². The van der Waals surface area contributed by atoms with E-state index in [1.54, 1.807) is 0 Å². The molecular formula is C19H33N7O9. The maximum Gasteiger partial charge on any atom is 0.328 e. The largest absolute Gasteiger partial charge is 0.481 e. The highest BCUT2D eigenvalue weighted by Gasteiger charge is 2.30. The van der Waals surface area contributed by atoms with E-state index in [9.17, 15) is 29.4 Å². The van der Waals surface area contributed by atoms with E-state index in [0.717, 1.165) is 19.8 Å². The molecule has 0 bridgehead atoms. The second kappa shape index (κ2) is 14.8. The summed E-state index contributed by atoms with van der Waals surface area (Å²) in [5.41, 5.74) is 11.5. The van der Waals surface area contributed by atoms with E-state index in [1.165, 1.54) is 0 Å². The van der Waals surface area contributed by atoms with Crippen LogP contribution in [0, 0.1) is 0 Å². The number of carbonyl (C=O) groups is 4. The smallest absolute Gasteiger partial charge is 0.328 e. The van der Waals surface area contributed by atoms with Gasteiger partial charge in [0.1, 0.15) is 12.1 Å². The van der Waals surface area contributed by atoms with Crippen LogP contribution in [0.15, 0.2) is 4.52 Å². The van der Waals surface area contributed by atoms with Crippen LogP contribution in [-0.4, -0.2) is 85.8 Å². The highest BCUT2D eigenvalue weighted by molar-refractivity contribution is 5.90. The number of aliphatic carboxylic acids is 2. The molecule has 1 aromatic heterocycles. The lowest BCUT2D eigenvalue weighted by Gasteiger charge is -2.22. The average molecular weight is 504 g/mol. The van der Waals surface area contributed by atoms with Crippen molar-refractivity contribution in [2.45, 2.75) is 69.3 Å². The predicted molar refractivity (Wildman–Crippen MR) is 118 cm³/mol. The number of nitrogens with one attached hydrogen (secondary N) is 3. The maximum atomic E-state index is 12.5. The number of nitrogens with zero attached hydrogens (tertiary/aromatic N) is 2. The highest BCUT2D eigenvalue weighted by atomic mass is 16.5. The number of rotatable bonds is 16. The lowest BCUT2D eigenvalue weighted by Crippen LogP contribution is -2.57. The number of carboxylic acids is 2. The fraction of sp³-hybridized carbons (Fsp3) is 0.684. The molecular weight excluding hydrogens is 470 g/mol. The number of aromatic nitrogens is 2. The summed E-state index contributed by atoms with van der Waals surface area (Å²) in [6.07, 6.45) is 0.0493. The Balaban J connectivity index is 2.88. The molecule has 0 aliphatic carbocycles. The second-order valence-corrected chi connectivity index (χ2v) is 7.78. The molecule has 35 heavy (non-hydrogen) atoms. The summed E-state index contributed by atoms with van der Waals surface area (Å²) >= 11 is 0. The van der Waals surface area contributed by atoms with Crippen molar-refractivity contribution in [2.24, 2.45) is 11.5 Å². The molecule has 198 valence electrons. The molecule has 0 radical (unpaired) electrons. The number of unbranched alkanes of at least 4 members (excludes halogenated alkanes) is 1. The van der Waals surface area contributed by atoms with Gasteiger partial charge in [-0.15, -0.1) is 0 Å². The van der Waals surface area contributed by atoms with Crippen molar-refractivity contribution in [3.05, 3.63) is 11.7 Å². The lowest BCUT2D eigenvalue weighted by molar-refractivity contribution is -0.145. The molecule has 0 aliphatic rings. The number of aliphatic hydroxyl groups is 2. The lowest BCUT2D eigenvalue weighted by atomic mass is 10.1. The van der Waals surface area contributed by atoms with Gasteiger partial charge >= 0.3 is 18.0 Å². The van der Waals surface area contributed by atoms with Crippen molar-refractivity contribution in [3.63, 3.8) is 0 Å². The zero-order valence-corrected chi connectivity index (χ0v) is 19.2. The van der Waals surface area contributed by atoms with Crippen molar-refractivity contribution >= 4 is 23.9 Å². The minimum absolute atomic E-state index is 0.115. The topological polar surface area (TPSA) is 276 Å². The van der Waals surface area contributed by atoms with Crippen LogP contribution in [0.3, 0.4) is 0 Å². The fourth-order valence-corrected chi connectivity index (χ4v) is 2.90. The van der Waals surface area contributed by atoms with Crippen LogP contribution in [0.2, 0.25) is 0 Å². The summed E-state index contributed by atoms with van der Waals surface area (Å²) in [4.78, 5) is 51.0. The number of urea groups is 1. The first-order valence-electron chi connectivity index (χ1n) is 10.9. The van der Waals surface area contributed by atoms with Gasteiger partial charge in [-0.25, -0.2) is 9.59 Å². The Morgan fingerprint density at radius 3 is 2.31 bits per heavy atom. The summed E-state index contributed by atoms with van der Waals surface area (Å²) in [5, 5.41) is 47.3. The molecule has 5 atom stereocenters. The average Bonchev–Trinajstić information content (AvgIpc) is 3.28. The molecule has 0 fully saturated rings. The van der Waals surface area contributed by atoms with Crippen molar-refractivity contribution < 1.29 is 44.1 Å². The van der Waals surface area contributed by atoms with E-state index < -0.39 is 60.8 Å². The van der Waals surface area contributed by atoms with Gasteiger partial charge in [-0.1, -0.05) is 11.6 Å². The Morgan fingerprint density at radius 2 is 1.77 bits per heavy atom. The molecule has 11 N–H and O–H groups in total. The second-order valence-electron chi connectivity index (χ2n) is 7.78. The van der Waals surface area contributed by atoms with E-state index in [-0.39, 0.29) is 24.6 Å². The van der Waals surface area contributed by atoms with E-state index in [0.29, 0.717) is 13.0 Å². The van der Waals surface area contributed by atoms with Crippen LogP contribution in [-0.2, 0) is 14.4 Å². The first-order valence-corrected chi connectivity index (χ1v) is 10.9. The number of hydrogen-bond acceptors (Lipinski definition) is 11. The normalized spacial score (nSPS) is 15.3. The summed E-state index contributed by atoms with van der Waals surface area (Å²) in [6.45, 7) is 0.750. The Morgan fingerprint density at radius 1 is 1.09 bits per heavy atom. The van der Waals surface area contributed by atoms with Gasteiger partial charge in [-0.05, 0) is 32.7 Å². The van der Waals surface area contributed by atoms with Crippen LogP contribution < -0.4 is 27.4 Å². The van der Waals surface area contributed by atoms with E-state index in [2.05, 4.69) is 20.8 Å². The molecule has 1 rings (SSSR count). The summed E-state index contributed by atoms with van der Waals surface area (Å²) in [7, 11) is 0. The van der Waals surface area contributed by atoms with Crippen molar-refractivity contribution in [1.82, 2.24) is 26.1 Å². The maximum absolute atomic E-state index is 12.5. The molecule has 1 heterocycles. The molecule has 1 aromatic rings. The van der Waals surface area contributed by atoms with Crippen LogP contribution in [0.25, 0.3) is 0 Å². The zero-order chi connectivity index (χ0) is 26.5. The number of hydrogen-bond donors (Lipinski definition) is 9. The third-order valence-electron chi connectivity index (χ3n) is 4.86. The molecule has 0 saturated carbocycles. The summed E-state index contributed by atoms with van der Waals surface area (Å²) < 4.78 is 5.15. The standard InChI is InChI=1S/C19H33N7O9/c1-9(28)14(18(32)33)24-16(31)12(8-27)23-19(34)22-11(5-6-13(29)30)17-25-15(26-35-17)10(21)4-2-3-7-20/h9-12,14,27-28H,2-8,20-21H2,1H3,(H,24,31)(H,29,30)(H,32,33)(H2,22,23,34)/t9-,10+,11+,12+,14?/m1/s1. The Bertz CT molecular complexity index is 848. The Hall–Kier alpha value is -3.34. The number of amides is 3. The molecule has 0 aromatic carbocycles. The zero-order valence-electron chi connectivity index (χ0n) is 19.2. The molecule has 16 nitrogen and oxygen atoms in total. The van der Waals surface area contributed by atoms with E-state index in [1.807, 2.05) is 5.32 Å². The van der Waals surface area contributed by atoms with Crippen molar-refractivity contribution in [2.75, 3.05) is 13.2 Å². The molecule has 1 unspecified atom stereocenters. The molecule has 0 spiro atoms. The van der Waals surface area contributed by atoms with Crippen LogP contribution in [0.5, 0.6) is 0 Å². The Labute approximate surface area is 200 Å². The van der Waals surface area contributed by atoms with Gasteiger partial charge in [0.05, 0.1) is 18.8 Å². The van der Waals surface area contributed by atoms with Gasteiger partial charge in [0.25, 0.3) is 0 Å². The fourth-order valence-electron chi connectivity index (χ4n) is 2.90. The van der Waals surface area contributed by atoms with Gasteiger partial charge in [0.15, 0.2) is 11.9 Å². The van der Waals surface area contributed by atoms with Gasteiger partial charge in [0.2, 0.25) is 11.8 Å². The highest BCUT2D eigenvalue weighted by Crippen LogP contribution is 2.20. The number of aliphatic hydroxyl groups excluding tert-OH is 2. The Kier molecular flexibility index (Phi) is 12.6. The van der Waals surface area contributed by atoms with Crippen LogP contribution in [0.4, 0.5) is 4.79 Å². The van der Waals surface area contributed by atoms with Crippen molar-refractivity contribution in [1.29, 1.82) is 0 Å². The molecule has 0 saturated heterocycles. The number of nitrogens with two attached hydrogens (primary N) is 2. The van der Waals surface area contributed by atoms with Gasteiger partial charge < -0.3 is 52.4 Å². The van der Waals surface area contributed by atoms with E-state index >= 15 is 0 Å². The quantitative estimate of drug-likeness (QED) is 0.108. The van der Waals surface area contributed by atoms with Gasteiger partial charge in [0, 0.05) is 6.42 Å². The molecule has 0 aliphatic heterocycles. The number of carboxylic acid groups (broad SMARTS) is 2. The minimum Gasteiger partial charge on any atom is -0.481 e. The van der Waals surface area contributed by atoms with Gasteiger partial charge in [-0.2, -0.15) is 4.98 Å². The SMILES string of the molecule is C[C@@H](O)C(NC(=O)[C@H](CO)NC(=O)N[C@@H](CCC(=O)O)c1nc([C@@H](N)CCCCN)no1)C(=O)O. The summed E-state index contributed by atoms with van der Waals surface area (Å²) in [5.74, 6) is -3.69. The van der Waals surface area contributed by atoms with Gasteiger partial charge in [-0.3, -0.25) is 9.59 Å². The predicted octanol–water partition coefficient (Wildman–Crippen LogP) is -2.29. The van der Waals surface area contributed by atoms with Crippen molar-refractivity contribution in [3.8, 4) is 0 Å². The third kappa shape index (κ3) is 10.2. The van der Waals surface area contributed by atoms with E-state index in [4.69, 9.17) is 26.2 Å². The third-order valence-corrected chi connectivity index (χ3v) is 4.86. The number of carbonyl (C=O) groups excluding carboxylic acids is 2. The first kappa shape index (κ1) is 29.7.